The van der Waals surface area contributed by atoms with Gasteiger partial charge in [-0.2, -0.15) is 0 Å². The third-order valence-electron chi connectivity index (χ3n) is 4.77. The molecule has 7 nitrogen and oxygen atoms in total. The molecule has 1 atom stereocenters. The molecule has 1 aromatic heterocycles. The van der Waals surface area contributed by atoms with E-state index in [0.29, 0.717) is 12.2 Å². The van der Waals surface area contributed by atoms with Crippen molar-refractivity contribution in [1.29, 1.82) is 0 Å². The van der Waals surface area contributed by atoms with E-state index in [1.165, 1.54) is 0 Å². The Morgan fingerprint density at radius 2 is 1.96 bits per heavy atom. The molecular weight excluding hydrogens is 342 g/mol. The van der Waals surface area contributed by atoms with Gasteiger partial charge in [0.05, 0.1) is 5.69 Å². The van der Waals surface area contributed by atoms with Crippen LogP contribution in [0.4, 0.5) is 0 Å². The van der Waals surface area contributed by atoms with Gasteiger partial charge < -0.3 is 20.9 Å². The van der Waals surface area contributed by atoms with Crippen LogP contribution in [0.3, 0.4) is 0 Å². The predicted molar refractivity (Wildman–Crippen MR) is 104 cm³/mol. The molecule has 27 heavy (non-hydrogen) atoms. The van der Waals surface area contributed by atoms with Gasteiger partial charge in [0.1, 0.15) is 11.9 Å². The Bertz CT molecular complexity index is 836. The molecule has 1 aliphatic rings. The molecule has 144 valence electrons. The van der Waals surface area contributed by atoms with Crippen LogP contribution in [0.5, 0.6) is 0 Å². The number of imidazole rings is 1. The summed E-state index contributed by atoms with van der Waals surface area (Å²) in [6, 6.07) is 9.05. The maximum atomic E-state index is 13.0. The van der Waals surface area contributed by atoms with Crippen LogP contribution < -0.4 is 16.4 Å². The Morgan fingerprint density at radius 3 is 2.59 bits per heavy atom. The third-order valence-corrected chi connectivity index (χ3v) is 4.77. The SMILES string of the molecule is CC(C)(C)C(NC(=O)c1nc(-c2ccccc2)n2c1CNCCC2)C(N)=O. The molecule has 0 saturated carbocycles. The molecule has 0 bridgehead atoms. The minimum absolute atomic E-state index is 0.346. The number of carbonyl (C=O) groups is 2. The maximum absolute atomic E-state index is 13.0. The van der Waals surface area contributed by atoms with Crippen molar-refractivity contribution in [3.05, 3.63) is 41.7 Å². The Balaban J connectivity index is 2.01. The molecule has 0 radical (unpaired) electrons. The van der Waals surface area contributed by atoms with Gasteiger partial charge in [-0.3, -0.25) is 9.59 Å². The van der Waals surface area contributed by atoms with Gasteiger partial charge in [0.15, 0.2) is 5.69 Å². The molecule has 2 amide bonds. The molecule has 3 rings (SSSR count). The van der Waals surface area contributed by atoms with E-state index in [-0.39, 0.29) is 5.91 Å². The summed E-state index contributed by atoms with van der Waals surface area (Å²) in [5.41, 5.74) is 7.17. The van der Waals surface area contributed by atoms with E-state index < -0.39 is 17.4 Å². The lowest BCUT2D eigenvalue weighted by Crippen LogP contribution is -2.52. The second-order valence-corrected chi connectivity index (χ2v) is 7.95. The number of carbonyl (C=O) groups excluding carboxylic acids is 2. The first-order valence-electron chi connectivity index (χ1n) is 9.24. The van der Waals surface area contributed by atoms with Crippen molar-refractivity contribution in [3.8, 4) is 11.4 Å². The van der Waals surface area contributed by atoms with E-state index in [9.17, 15) is 9.59 Å². The molecule has 0 saturated heterocycles. The Morgan fingerprint density at radius 1 is 1.26 bits per heavy atom. The Labute approximate surface area is 159 Å². The molecule has 2 heterocycles. The number of amides is 2. The van der Waals surface area contributed by atoms with Crippen molar-refractivity contribution in [1.82, 2.24) is 20.2 Å². The van der Waals surface area contributed by atoms with Gasteiger partial charge in [-0.15, -0.1) is 0 Å². The van der Waals surface area contributed by atoms with Gasteiger partial charge in [0, 0.05) is 18.7 Å². The zero-order valence-corrected chi connectivity index (χ0v) is 16.1. The van der Waals surface area contributed by atoms with Crippen LogP contribution in [0, 0.1) is 5.41 Å². The molecular formula is C20H27N5O2. The smallest absolute Gasteiger partial charge is 0.272 e. The highest BCUT2D eigenvalue weighted by molar-refractivity contribution is 5.97. The summed E-state index contributed by atoms with van der Waals surface area (Å²) in [6.45, 7) is 7.82. The highest BCUT2D eigenvalue weighted by Crippen LogP contribution is 2.25. The van der Waals surface area contributed by atoms with E-state index in [2.05, 4.69) is 20.2 Å². The number of benzene rings is 1. The van der Waals surface area contributed by atoms with Crippen molar-refractivity contribution in [2.24, 2.45) is 11.1 Å². The number of aromatic nitrogens is 2. The van der Waals surface area contributed by atoms with Gasteiger partial charge in [-0.05, 0) is 18.4 Å². The first kappa shape index (κ1) is 19.1. The molecule has 0 aliphatic carbocycles. The summed E-state index contributed by atoms with van der Waals surface area (Å²) < 4.78 is 2.10. The van der Waals surface area contributed by atoms with Crippen molar-refractivity contribution >= 4 is 11.8 Å². The van der Waals surface area contributed by atoms with E-state index in [0.717, 1.165) is 36.6 Å². The largest absolute Gasteiger partial charge is 0.368 e. The van der Waals surface area contributed by atoms with Crippen molar-refractivity contribution in [3.63, 3.8) is 0 Å². The molecule has 1 aliphatic heterocycles. The zero-order valence-electron chi connectivity index (χ0n) is 16.1. The normalized spacial score (nSPS) is 15.5. The average molecular weight is 369 g/mol. The van der Waals surface area contributed by atoms with Crippen LogP contribution in [0.15, 0.2) is 30.3 Å². The first-order chi connectivity index (χ1) is 12.8. The summed E-state index contributed by atoms with van der Waals surface area (Å²) in [5, 5.41) is 6.13. The monoisotopic (exact) mass is 369 g/mol. The topological polar surface area (TPSA) is 102 Å². The number of nitrogens with zero attached hydrogens (tertiary/aromatic N) is 2. The lowest BCUT2D eigenvalue weighted by molar-refractivity contribution is -0.122. The van der Waals surface area contributed by atoms with Gasteiger partial charge in [-0.1, -0.05) is 51.1 Å². The highest BCUT2D eigenvalue weighted by Gasteiger charge is 2.33. The molecule has 0 fully saturated rings. The quantitative estimate of drug-likeness (QED) is 0.763. The minimum Gasteiger partial charge on any atom is -0.368 e. The molecule has 0 spiro atoms. The molecule has 1 unspecified atom stereocenters. The van der Waals surface area contributed by atoms with E-state index >= 15 is 0 Å². The molecule has 7 heteroatoms. The number of fused-ring (bicyclic) bond motifs is 1. The van der Waals surface area contributed by atoms with E-state index in [1.54, 1.807) is 0 Å². The van der Waals surface area contributed by atoms with Gasteiger partial charge in [0.2, 0.25) is 5.91 Å². The highest BCUT2D eigenvalue weighted by atomic mass is 16.2. The number of nitrogens with two attached hydrogens (primary N) is 1. The Hall–Kier alpha value is -2.67. The van der Waals surface area contributed by atoms with Gasteiger partial charge >= 0.3 is 0 Å². The second kappa shape index (κ2) is 7.52. The fourth-order valence-corrected chi connectivity index (χ4v) is 3.38. The van der Waals surface area contributed by atoms with Crippen molar-refractivity contribution in [2.45, 2.75) is 46.3 Å². The Kier molecular flexibility index (Phi) is 5.32. The standard InChI is InChI=1S/C20H27N5O2/c1-20(2,3)16(17(21)26)24-19(27)15-14-12-22-10-7-11-25(14)18(23-15)13-8-5-4-6-9-13/h4-6,8-9,16,22H,7,10-12H2,1-3H3,(H2,21,26)(H,24,27). The van der Waals surface area contributed by atoms with E-state index in [4.69, 9.17) is 5.73 Å². The lowest BCUT2D eigenvalue weighted by atomic mass is 9.86. The van der Waals surface area contributed by atoms with Crippen LogP contribution in [0.2, 0.25) is 0 Å². The fraction of sp³-hybridized carbons (Fsp3) is 0.450. The van der Waals surface area contributed by atoms with Crippen LogP contribution in [-0.4, -0.2) is 34.0 Å². The number of rotatable bonds is 4. The molecule has 1 aromatic carbocycles. The maximum Gasteiger partial charge on any atom is 0.272 e. The minimum atomic E-state index is -0.777. The number of nitrogens with one attached hydrogen (secondary N) is 2. The van der Waals surface area contributed by atoms with Crippen molar-refractivity contribution in [2.75, 3.05) is 6.54 Å². The van der Waals surface area contributed by atoms with Gasteiger partial charge in [-0.25, -0.2) is 4.98 Å². The average Bonchev–Trinajstić information content (AvgIpc) is 2.80. The van der Waals surface area contributed by atoms with E-state index in [1.807, 2.05) is 51.1 Å². The first-order valence-corrected chi connectivity index (χ1v) is 9.24. The summed E-state index contributed by atoms with van der Waals surface area (Å²) in [7, 11) is 0. The predicted octanol–water partition coefficient (Wildman–Crippen LogP) is 1.67. The third kappa shape index (κ3) is 4.03. The second-order valence-electron chi connectivity index (χ2n) is 7.95. The van der Waals surface area contributed by atoms with Gasteiger partial charge in [0.25, 0.3) is 5.91 Å². The summed E-state index contributed by atoms with van der Waals surface area (Å²) in [6.07, 6.45) is 0.955. The van der Waals surface area contributed by atoms with Crippen LogP contribution in [-0.2, 0) is 17.9 Å². The lowest BCUT2D eigenvalue weighted by Gasteiger charge is -2.28. The fourth-order valence-electron chi connectivity index (χ4n) is 3.38. The zero-order chi connectivity index (χ0) is 19.6. The van der Waals surface area contributed by atoms with Crippen molar-refractivity contribution < 1.29 is 9.59 Å². The summed E-state index contributed by atoms with van der Waals surface area (Å²) >= 11 is 0. The summed E-state index contributed by atoms with van der Waals surface area (Å²) in [4.78, 5) is 29.5. The molecule has 2 aromatic rings. The summed E-state index contributed by atoms with van der Waals surface area (Å²) in [5.74, 6) is -0.156. The van der Waals surface area contributed by atoms with Crippen LogP contribution >= 0.6 is 0 Å². The van der Waals surface area contributed by atoms with Crippen LogP contribution in [0.1, 0.15) is 43.4 Å². The number of hydrogen-bond donors (Lipinski definition) is 3. The molecule has 4 N–H and O–H groups in total. The number of primary amides is 1. The number of hydrogen-bond acceptors (Lipinski definition) is 4. The van der Waals surface area contributed by atoms with Crippen LogP contribution in [0.25, 0.3) is 11.4 Å².